The summed E-state index contributed by atoms with van der Waals surface area (Å²) in [7, 11) is 1.45. The topological polar surface area (TPSA) is 88.4 Å². The number of hydrogen-bond donors (Lipinski definition) is 1. The van der Waals surface area contributed by atoms with Crippen molar-refractivity contribution in [3.63, 3.8) is 0 Å². The molecule has 6 heteroatoms. The van der Waals surface area contributed by atoms with Gasteiger partial charge in [-0.3, -0.25) is 9.59 Å². The molecule has 1 amide bonds. The van der Waals surface area contributed by atoms with Crippen LogP contribution in [-0.2, 0) is 4.79 Å². The third kappa shape index (κ3) is 4.32. The number of carbonyl (C=O) groups is 2. The normalized spacial score (nSPS) is 9.26. The molecule has 0 saturated heterocycles. The van der Waals surface area contributed by atoms with E-state index in [1.807, 2.05) is 6.07 Å². The summed E-state index contributed by atoms with van der Waals surface area (Å²) in [6.45, 7) is 0.0256. The van der Waals surface area contributed by atoms with E-state index in [0.29, 0.717) is 17.6 Å². The van der Waals surface area contributed by atoms with Crippen molar-refractivity contribution in [2.45, 2.75) is 6.42 Å². The van der Waals surface area contributed by atoms with Crippen molar-refractivity contribution >= 4 is 12.2 Å². The Morgan fingerprint density at radius 1 is 1.53 bits per heavy atom. The van der Waals surface area contributed by atoms with Gasteiger partial charge >= 0.3 is 0 Å². The van der Waals surface area contributed by atoms with Gasteiger partial charge in [-0.1, -0.05) is 6.07 Å². The summed E-state index contributed by atoms with van der Waals surface area (Å²) in [5, 5.41) is 10.8. The maximum absolute atomic E-state index is 11.4. The van der Waals surface area contributed by atoms with Gasteiger partial charge in [0, 0.05) is 6.54 Å². The fourth-order valence-corrected chi connectivity index (χ4v) is 1.39. The zero-order valence-electron chi connectivity index (χ0n) is 10.5. The van der Waals surface area contributed by atoms with Crippen LogP contribution in [-0.4, -0.2) is 32.5 Å². The Hall–Kier alpha value is -2.55. The molecule has 0 saturated carbocycles. The first-order valence-corrected chi connectivity index (χ1v) is 5.61. The lowest BCUT2D eigenvalue weighted by atomic mass is 10.2. The number of para-hydroxylation sites is 1. The van der Waals surface area contributed by atoms with E-state index >= 15 is 0 Å². The molecule has 0 radical (unpaired) electrons. The van der Waals surface area contributed by atoms with Gasteiger partial charge in [-0.15, -0.1) is 0 Å². The van der Waals surface area contributed by atoms with Crippen molar-refractivity contribution in [3.8, 4) is 17.6 Å². The van der Waals surface area contributed by atoms with Crippen LogP contribution in [0.2, 0.25) is 0 Å². The smallest absolute Gasteiger partial charge is 0.257 e. The Balaban J connectivity index is 2.64. The molecule has 1 rings (SSSR count). The van der Waals surface area contributed by atoms with Crippen LogP contribution in [0.1, 0.15) is 16.8 Å². The van der Waals surface area contributed by atoms with E-state index in [1.54, 1.807) is 18.2 Å². The van der Waals surface area contributed by atoms with Gasteiger partial charge in [0.05, 0.1) is 25.2 Å². The molecule has 0 aliphatic heterocycles. The van der Waals surface area contributed by atoms with Gasteiger partial charge in [0.15, 0.2) is 24.4 Å². The summed E-state index contributed by atoms with van der Waals surface area (Å²) >= 11 is 0. The quantitative estimate of drug-likeness (QED) is 0.583. The van der Waals surface area contributed by atoms with Gasteiger partial charge in [-0.25, -0.2) is 0 Å². The van der Waals surface area contributed by atoms with Crippen molar-refractivity contribution < 1.29 is 19.1 Å². The number of rotatable bonds is 7. The lowest BCUT2D eigenvalue weighted by molar-refractivity contribution is -0.123. The molecule has 0 aliphatic carbocycles. The second-order valence-corrected chi connectivity index (χ2v) is 3.54. The van der Waals surface area contributed by atoms with E-state index in [9.17, 15) is 9.59 Å². The molecule has 0 bridgehead atoms. The Morgan fingerprint density at radius 2 is 2.32 bits per heavy atom. The minimum atomic E-state index is -0.363. The molecule has 0 spiro atoms. The molecule has 1 N–H and O–H groups in total. The number of benzene rings is 1. The Kier molecular flexibility index (Phi) is 5.89. The number of aldehydes is 1. The molecule has 0 fully saturated rings. The van der Waals surface area contributed by atoms with Crippen LogP contribution >= 0.6 is 0 Å². The van der Waals surface area contributed by atoms with Crippen LogP contribution in [0.3, 0.4) is 0 Å². The van der Waals surface area contributed by atoms with Crippen LogP contribution in [0.4, 0.5) is 0 Å². The Labute approximate surface area is 110 Å². The van der Waals surface area contributed by atoms with Crippen LogP contribution in [0.25, 0.3) is 0 Å². The average molecular weight is 262 g/mol. The van der Waals surface area contributed by atoms with Crippen LogP contribution in [0, 0.1) is 11.3 Å². The zero-order chi connectivity index (χ0) is 14.1. The number of nitrogens with zero attached hydrogens (tertiary/aromatic N) is 1. The predicted molar refractivity (Wildman–Crippen MR) is 67.1 cm³/mol. The number of nitrogens with one attached hydrogen (secondary N) is 1. The standard InChI is InChI=1S/C13H14N2O4/c1-18-11-5-2-4-10(8-16)13(11)19-9-12(17)15-7-3-6-14/h2,4-5,8H,3,7,9H2,1H3,(H,15,17). The molecule has 6 nitrogen and oxygen atoms in total. The minimum absolute atomic E-state index is 0.232. The monoisotopic (exact) mass is 262 g/mol. The van der Waals surface area contributed by atoms with Crippen molar-refractivity contribution in [1.82, 2.24) is 5.32 Å². The SMILES string of the molecule is COc1cccc(C=O)c1OCC(=O)NCCC#N. The van der Waals surface area contributed by atoms with Gasteiger partial charge in [0.2, 0.25) is 0 Å². The van der Waals surface area contributed by atoms with Crippen LogP contribution < -0.4 is 14.8 Å². The second-order valence-electron chi connectivity index (χ2n) is 3.54. The van der Waals surface area contributed by atoms with E-state index in [2.05, 4.69) is 5.32 Å². The summed E-state index contributed by atoms with van der Waals surface area (Å²) in [5.74, 6) is 0.253. The number of methoxy groups -OCH3 is 1. The number of ether oxygens (including phenoxy) is 2. The van der Waals surface area contributed by atoms with E-state index in [1.165, 1.54) is 7.11 Å². The highest BCUT2D eigenvalue weighted by Gasteiger charge is 2.11. The highest BCUT2D eigenvalue weighted by molar-refractivity contribution is 5.82. The molecule has 0 aromatic heterocycles. The third-order valence-corrected chi connectivity index (χ3v) is 2.26. The van der Waals surface area contributed by atoms with Gasteiger partial charge in [0.1, 0.15) is 0 Å². The zero-order valence-corrected chi connectivity index (χ0v) is 10.5. The van der Waals surface area contributed by atoms with E-state index in [0.717, 1.165) is 0 Å². The van der Waals surface area contributed by atoms with Crippen molar-refractivity contribution in [3.05, 3.63) is 23.8 Å². The van der Waals surface area contributed by atoms with E-state index < -0.39 is 0 Å². The molecule has 100 valence electrons. The maximum atomic E-state index is 11.4. The molecule has 19 heavy (non-hydrogen) atoms. The molecule has 0 unspecified atom stereocenters. The lowest BCUT2D eigenvalue weighted by Gasteiger charge is -2.12. The molecule has 0 heterocycles. The Morgan fingerprint density at radius 3 is 2.95 bits per heavy atom. The largest absolute Gasteiger partial charge is 0.493 e. The molecule has 1 aromatic rings. The van der Waals surface area contributed by atoms with Crippen LogP contribution in [0.5, 0.6) is 11.5 Å². The lowest BCUT2D eigenvalue weighted by Crippen LogP contribution is -2.29. The molecule has 0 aliphatic rings. The Bertz CT molecular complexity index is 494. The van der Waals surface area contributed by atoms with Crippen LogP contribution in [0.15, 0.2) is 18.2 Å². The number of carbonyl (C=O) groups excluding carboxylic acids is 2. The minimum Gasteiger partial charge on any atom is -0.493 e. The molecular formula is C13H14N2O4. The summed E-state index contributed by atoms with van der Waals surface area (Å²) in [5.41, 5.74) is 0.309. The first kappa shape index (κ1) is 14.5. The van der Waals surface area contributed by atoms with Gasteiger partial charge in [-0.2, -0.15) is 5.26 Å². The summed E-state index contributed by atoms with van der Waals surface area (Å²) in [4.78, 5) is 22.3. The van der Waals surface area contributed by atoms with E-state index in [4.69, 9.17) is 14.7 Å². The van der Waals surface area contributed by atoms with Gasteiger partial charge < -0.3 is 14.8 Å². The van der Waals surface area contributed by atoms with Gasteiger partial charge in [-0.05, 0) is 12.1 Å². The predicted octanol–water partition coefficient (Wildman–Crippen LogP) is 0.916. The number of hydrogen-bond acceptors (Lipinski definition) is 5. The second kappa shape index (κ2) is 7.71. The highest BCUT2D eigenvalue weighted by atomic mass is 16.5. The molecule has 0 atom stereocenters. The fraction of sp³-hybridized carbons (Fsp3) is 0.308. The maximum Gasteiger partial charge on any atom is 0.257 e. The summed E-state index contributed by atoms with van der Waals surface area (Å²) in [6, 6.07) is 6.77. The first-order valence-electron chi connectivity index (χ1n) is 5.61. The fourth-order valence-electron chi connectivity index (χ4n) is 1.39. The molecular weight excluding hydrogens is 248 g/mol. The number of nitriles is 1. The molecule has 1 aromatic carbocycles. The van der Waals surface area contributed by atoms with Crippen molar-refractivity contribution in [2.24, 2.45) is 0 Å². The summed E-state index contributed by atoms with van der Waals surface area (Å²) in [6.07, 6.45) is 0.866. The van der Waals surface area contributed by atoms with Crippen molar-refractivity contribution in [1.29, 1.82) is 5.26 Å². The average Bonchev–Trinajstić information content (AvgIpc) is 2.44. The first-order chi connectivity index (χ1) is 9.22. The van der Waals surface area contributed by atoms with Crippen molar-refractivity contribution in [2.75, 3.05) is 20.3 Å². The van der Waals surface area contributed by atoms with E-state index in [-0.39, 0.29) is 31.2 Å². The number of amides is 1. The highest BCUT2D eigenvalue weighted by Crippen LogP contribution is 2.29. The van der Waals surface area contributed by atoms with Gasteiger partial charge in [0.25, 0.3) is 5.91 Å². The third-order valence-electron chi connectivity index (χ3n) is 2.26. The summed E-state index contributed by atoms with van der Waals surface area (Å²) < 4.78 is 10.4.